The fourth-order valence-electron chi connectivity index (χ4n) is 4.11. The molecule has 4 aromatic rings. The van der Waals surface area contributed by atoms with Crippen LogP contribution in [0.15, 0.2) is 116 Å². The lowest BCUT2D eigenvalue weighted by atomic mass is 10.2. The molecule has 0 saturated heterocycles. The number of hydrogen-bond acceptors (Lipinski definition) is 14. The highest BCUT2D eigenvalue weighted by atomic mass is 16.6. The van der Waals surface area contributed by atoms with Crippen LogP contribution in [0, 0.1) is 10.1 Å². The van der Waals surface area contributed by atoms with E-state index in [9.17, 15) is 24.5 Å². The molecule has 0 aromatic heterocycles. The van der Waals surface area contributed by atoms with Crippen molar-refractivity contribution >= 4 is 69.8 Å². The number of hydrogen-bond donors (Lipinski definition) is 2. The molecule has 3 N–H and O–H groups in total. The number of carbonyl (C=O) groups excluding carboxylic acids is 3. The van der Waals surface area contributed by atoms with Crippen LogP contribution in [-0.2, 0) is 19.1 Å². The quantitative estimate of drug-likeness (QED) is 0.0258. The van der Waals surface area contributed by atoms with Crippen molar-refractivity contribution in [3.8, 4) is 5.75 Å². The van der Waals surface area contributed by atoms with Crippen LogP contribution in [0.3, 0.4) is 0 Å². The maximum atomic E-state index is 12.1. The zero-order valence-corrected chi connectivity index (χ0v) is 26.5. The Balaban J connectivity index is 1.29. The summed E-state index contributed by atoms with van der Waals surface area (Å²) in [7, 11) is 1.87. The topological polar surface area (TPSA) is 225 Å². The summed E-state index contributed by atoms with van der Waals surface area (Å²) in [5, 5.41) is 22.3. The normalized spacial score (nSPS) is 10.8. The summed E-state index contributed by atoms with van der Waals surface area (Å²) < 4.78 is 16.3. The van der Waals surface area contributed by atoms with Crippen molar-refractivity contribution in [3.05, 3.63) is 101 Å². The first-order valence-electron chi connectivity index (χ1n) is 14.6. The minimum Gasteiger partial charge on any atom is -0.487 e. The second-order valence-electron chi connectivity index (χ2n) is 9.93. The minimum absolute atomic E-state index is 0.0423. The summed E-state index contributed by atoms with van der Waals surface area (Å²) in [4.78, 5) is 56.9. The molecular weight excluding hydrogens is 650 g/mol. The molecule has 4 rings (SSSR count). The van der Waals surface area contributed by atoms with Crippen LogP contribution in [-0.4, -0.2) is 62.6 Å². The average Bonchev–Trinajstić information content (AvgIpc) is 3.10. The molecule has 0 spiro atoms. The first kappa shape index (κ1) is 35.6. The molecule has 0 fully saturated rings. The second-order valence-corrected chi connectivity index (χ2v) is 9.93. The number of isocyanates is 2. The molecular formula is C33H29N9O8. The SMILES string of the molecule is CN(CCOC(N)=Nc1cccc(N=C=O)c1)c1ccc(N=Nc2ccc([N+](=O)[O-])cc2OCCOC(=O)Nc2cccc(N=C=O)c2)cc1. The number of amidine groups is 1. The highest BCUT2D eigenvalue weighted by Gasteiger charge is 2.13. The number of nitrogens with two attached hydrogens (primary N) is 1. The van der Waals surface area contributed by atoms with Crippen LogP contribution in [0.4, 0.5) is 50.3 Å². The van der Waals surface area contributed by atoms with Crippen LogP contribution in [0.1, 0.15) is 0 Å². The largest absolute Gasteiger partial charge is 0.487 e. The Morgan fingerprint density at radius 3 is 2.26 bits per heavy atom. The highest BCUT2D eigenvalue weighted by Crippen LogP contribution is 2.33. The van der Waals surface area contributed by atoms with E-state index >= 15 is 0 Å². The molecule has 254 valence electrons. The molecule has 0 bridgehead atoms. The summed E-state index contributed by atoms with van der Waals surface area (Å²) in [6.45, 7) is 0.385. The van der Waals surface area contributed by atoms with Gasteiger partial charge in [0.1, 0.15) is 25.5 Å². The number of nitro benzene ring substituents is 1. The van der Waals surface area contributed by atoms with Gasteiger partial charge in [-0.2, -0.15) is 20.1 Å². The van der Waals surface area contributed by atoms with Crippen molar-refractivity contribution in [2.45, 2.75) is 0 Å². The molecule has 50 heavy (non-hydrogen) atoms. The summed E-state index contributed by atoms with van der Waals surface area (Å²) in [6, 6.07) is 23.7. The summed E-state index contributed by atoms with van der Waals surface area (Å²) in [6.07, 6.45) is 2.10. The number of rotatable bonds is 15. The van der Waals surface area contributed by atoms with Gasteiger partial charge in [-0.25, -0.2) is 14.4 Å². The molecule has 4 aromatic carbocycles. The molecule has 1 amide bonds. The summed E-state index contributed by atoms with van der Waals surface area (Å²) >= 11 is 0. The summed E-state index contributed by atoms with van der Waals surface area (Å²) in [5.41, 5.74) is 8.76. The minimum atomic E-state index is -0.787. The van der Waals surface area contributed by atoms with Gasteiger partial charge in [0.2, 0.25) is 12.2 Å². The zero-order chi connectivity index (χ0) is 35.7. The number of azo groups is 1. The van der Waals surface area contributed by atoms with Gasteiger partial charge in [0.25, 0.3) is 11.7 Å². The Labute approximate surface area is 284 Å². The van der Waals surface area contributed by atoms with E-state index in [1.54, 1.807) is 54.6 Å². The number of benzene rings is 4. The maximum Gasteiger partial charge on any atom is 0.411 e. The molecule has 17 heteroatoms. The third-order valence-corrected chi connectivity index (χ3v) is 6.48. The predicted octanol–water partition coefficient (Wildman–Crippen LogP) is 6.67. The molecule has 0 heterocycles. The van der Waals surface area contributed by atoms with Crippen molar-refractivity contribution in [2.75, 3.05) is 43.6 Å². The molecule has 0 aliphatic heterocycles. The lowest BCUT2D eigenvalue weighted by molar-refractivity contribution is -0.384. The maximum absolute atomic E-state index is 12.1. The number of non-ortho nitro benzene ring substituents is 1. The zero-order valence-electron chi connectivity index (χ0n) is 26.5. The van der Waals surface area contributed by atoms with Crippen molar-refractivity contribution in [3.63, 3.8) is 0 Å². The molecule has 0 aliphatic rings. The number of nitrogens with zero attached hydrogens (tertiary/aromatic N) is 7. The Kier molecular flexibility index (Phi) is 13.0. The number of ether oxygens (including phenoxy) is 3. The second kappa shape index (κ2) is 18.2. The van der Waals surface area contributed by atoms with E-state index in [-0.39, 0.29) is 43.0 Å². The third-order valence-electron chi connectivity index (χ3n) is 6.48. The molecule has 0 aliphatic carbocycles. The summed E-state index contributed by atoms with van der Waals surface area (Å²) in [5.74, 6) is 0.0627. The van der Waals surface area contributed by atoms with E-state index in [0.717, 1.165) is 5.69 Å². The number of likely N-dealkylation sites (N-methyl/N-ethyl adjacent to an activating group) is 1. The average molecular weight is 680 g/mol. The van der Waals surface area contributed by atoms with Crippen LogP contribution in [0.5, 0.6) is 5.75 Å². The van der Waals surface area contributed by atoms with Crippen LogP contribution < -0.4 is 20.7 Å². The third kappa shape index (κ3) is 11.2. The predicted molar refractivity (Wildman–Crippen MR) is 183 cm³/mol. The van der Waals surface area contributed by atoms with E-state index in [1.165, 1.54) is 36.4 Å². The van der Waals surface area contributed by atoms with E-state index in [1.807, 2.05) is 24.1 Å². The first-order valence-corrected chi connectivity index (χ1v) is 14.6. The Morgan fingerprint density at radius 2 is 1.54 bits per heavy atom. The number of nitrogens with one attached hydrogen (secondary N) is 1. The van der Waals surface area contributed by atoms with Gasteiger partial charge in [0.05, 0.1) is 40.3 Å². The van der Waals surface area contributed by atoms with Crippen molar-refractivity contribution in [2.24, 2.45) is 30.9 Å². The fraction of sp³-hybridized carbons (Fsp3) is 0.152. The standard InChI is InChI=1S/C33H29N9O8/c1-41(14-15-49-32(34)37-26-6-2-4-24(18-26)35-21-43)28-10-8-23(9-11-28)39-40-30-13-12-29(42(46)47)20-31(30)48-16-17-50-33(45)38-27-7-3-5-25(19-27)36-22-44/h2-13,18-20H,14-17H2,1H3,(H2,34,37)(H,38,45). The van der Waals surface area contributed by atoms with Crippen LogP contribution in [0.2, 0.25) is 0 Å². The van der Waals surface area contributed by atoms with E-state index in [0.29, 0.717) is 35.0 Å². The number of anilines is 2. The van der Waals surface area contributed by atoms with Crippen molar-refractivity contribution < 1.29 is 33.5 Å². The number of aliphatic imine (C=N–C) groups is 3. The van der Waals surface area contributed by atoms with E-state index < -0.39 is 11.0 Å². The van der Waals surface area contributed by atoms with Crippen molar-refractivity contribution in [1.29, 1.82) is 0 Å². The Bertz CT molecular complexity index is 1970. The first-order chi connectivity index (χ1) is 24.2. The molecule has 0 radical (unpaired) electrons. The van der Waals surface area contributed by atoms with Gasteiger partial charge in [-0.15, -0.1) is 5.11 Å². The van der Waals surface area contributed by atoms with Gasteiger partial charge in [0, 0.05) is 24.5 Å². The van der Waals surface area contributed by atoms with E-state index in [4.69, 9.17) is 19.9 Å². The van der Waals surface area contributed by atoms with Crippen LogP contribution in [0.25, 0.3) is 0 Å². The monoisotopic (exact) mass is 679 g/mol. The lowest BCUT2D eigenvalue weighted by Crippen LogP contribution is -2.26. The van der Waals surface area contributed by atoms with E-state index in [2.05, 4.69) is 30.5 Å². The van der Waals surface area contributed by atoms with Gasteiger partial charge in [-0.1, -0.05) is 12.1 Å². The number of nitro groups is 1. The molecule has 17 nitrogen and oxygen atoms in total. The number of amides is 1. The molecule has 0 unspecified atom stereocenters. The van der Waals surface area contributed by atoms with Gasteiger partial charge < -0.3 is 24.8 Å². The highest BCUT2D eigenvalue weighted by molar-refractivity contribution is 5.85. The number of carbonyl (C=O) groups is 1. The van der Waals surface area contributed by atoms with Crippen molar-refractivity contribution in [1.82, 2.24) is 0 Å². The fourth-order valence-corrected chi connectivity index (χ4v) is 4.11. The van der Waals surface area contributed by atoms with Gasteiger partial charge in [-0.05, 0) is 66.7 Å². The molecule has 0 saturated carbocycles. The smallest absolute Gasteiger partial charge is 0.411 e. The molecule has 0 atom stereocenters. The Morgan fingerprint density at radius 1 is 0.840 bits per heavy atom. The van der Waals surface area contributed by atoms with Gasteiger partial charge in [-0.3, -0.25) is 15.4 Å². The Hall–Kier alpha value is -7.22. The van der Waals surface area contributed by atoms with Crippen LogP contribution >= 0.6 is 0 Å². The van der Waals surface area contributed by atoms with Gasteiger partial charge in [0.15, 0.2) is 5.75 Å². The lowest BCUT2D eigenvalue weighted by Gasteiger charge is -2.19. The van der Waals surface area contributed by atoms with Gasteiger partial charge >= 0.3 is 6.09 Å².